The van der Waals surface area contributed by atoms with E-state index in [0.29, 0.717) is 50.4 Å². The summed E-state index contributed by atoms with van der Waals surface area (Å²) in [7, 11) is 1.62. The van der Waals surface area contributed by atoms with Crippen molar-refractivity contribution in [1.29, 1.82) is 0 Å². The van der Waals surface area contributed by atoms with Crippen LogP contribution in [0.2, 0.25) is 0 Å². The highest BCUT2D eigenvalue weighted by Crippen LogP contribution is 2.39. The van der Waals surface area contributed by atoms with Crippen molar-refractivity contribution < 1.29 is 19.1 Å². The molecule has 1 aromatic carbocycles. The molecular formula is C24H27N5O4. The summed E-state index contributed by atoms with van der Waals surface area (Å²) in [6, 6.07) is 10.7. The number of ether oxygens (including phenoxy) is 2. The third-order valence-electron chi connectivity index (χ3n) is 6.76. The summed E-state index contributed by atoms with van der Waals surface area (Å²) in [6.45, 7) is 1.58. The van der Waals surface area contributed by atoms with Gasteiger partial charge >= 0.3 is 0 Å². The van der Waals surface area contributed by atoms with Gasteiger partial charge in [0.05, 0.1) is 24.2 Å². The fourth-order valence-electron chi connectivity index (χ4n) is 4.92. The molecule has 1 atom stereocenters. The molecule has 0 unspecified atom stereocenters. The zero-order chi connectivity index (χ0) is 22.8. The normalized spacial score (nSPS) is 20.0. The average molecular weight is 450 g/mol. The molecular weight excluding hydrogens is 422 g/mol. The maximum atomic E-state index is 14.0. The number of aromatic amines is 1. The molecule has 3 aromatic rings. The van der Waals surface area contributed by atoms with Crippen LogP contribution < -0.4 is 10.1 Å². The number of methoxy groups -OCH3 is 1. The zero-order valence-electron chi connectivity index (χ0n) is 18.5. The van der Waals surface area contributed by atoms with Gasteiger partial charge in [-0.1, -0.05) is 12.1 Å². The molecule has 0 radical (unpaired) electrons. The Morgan fingerprint density at radius 3 is 2.73 bits per heavy atom. The van der Waals surface area contributed by atoms with Crippen LogP contribution in [-0.4, -0.2) is 64.8 Å². The van der Waals surface area contributed by atoms with Crippen molar-refractivity contribution in [1.82, 2.24) is 20.1 Å². The van der Waals surface area contributed by atoms with Crippen LogP contribution in [0.5, 0.6) is 5.75 Å². The minimum atomic E-state index is -0.707. The lowest BCUT2D eigenvalue weighted by Gasteiger charge is -2.40. The van der Waals surface area contributed by atoms with Crippen molar-refractivity contribution in [3.8, 4) is 5.75 Å². The third-order valence-corrected chi connectivity index (χ3v) is 6.76. The topological polar surface area (TPSA) is 109 Å². The van der Waals surface area contributed by atoms with Gasteiger partial charge < -0.3 is 19.7 Å². The fraction of sp³-hybridized carbons (Fsp3) is 0.417. The summed E-state index contributed by atoms with van der Waals surface area (Å²) in [6.07, 6.45) is 4.19. The van der Waals surface area contributed by atoms with E-state index in [2.05, 4.69) is 20.5 Å². The minimum absolute atomic E-state index is 0.00753. The highest BCUT2D eigenvalue weighted by atomic mass is 16.5. The standard InChI is InChI=1S/C24H27N5O4/c1-32-17-6-4-16(5-7-17)24(10-13-33-14-11-24)23(31)29-12-2-3-20(29)22(30)27-21-9-8-18-19(26-21)15-25-28-18/h4-9,15,20H,2-3,10-14H2,1H3,(H,25,28)(H,26,27,30)/t20-/m1/s1. The van der Waals surface area contributed by atoms with Gasteiger partial charge in [0.15, 0.2) is 0 Å². The summed E-state index contributed by atoms with van der Waals surface area (Å²) in [4.78, 5) is 33.4. The number of fused-ring (bicyclic) bond motifs is 1. The summed E-state index contributed by atoms with van der Waals surface area (Å²) in [5, 5.41) is 9.70. The number of H-pyrrole nitrogens is 1. The van der Waals surface area contributed by atoms with Crippen molar-refractivity contribution in [3.05, 3.63) is 48.2 Å². The number of likely N-dealkylation sites (tertiary alicyclic amines) is 1. The summed E-state index contributed by atoms with van der Waals surface area (Å²) >= 11 is 0. The Hall–Kier alpha value is -3.46. The second-order valence-corrected chi connectivity index (χ2v) is 8.57. The van der Waals surface area contributed by atoms with Gasteiger partial charge in [0, 0.05) is 19.8 Å². The van der Waals surface area contributed by atoms with Gasteiger partial charge in [0.25, 0.3) is 0 Å². The van der Waals surface area contributed by atoms with Gasteiger partial charge in [0.1, 0.15) is 23.1 Å². The van der Waals surface area contributed by atoms with Gasteiger partial charge in [-0.15, -0.1) is 0 Å². The van der Waals surface area contributed by atoms with Gasteiger partial charge in [-0.05, 0) is 55.5 Å². The van der Waals surface area contributed by atoms with E-state index in [1.165, 1.54) is 0 Å². The van der Waals surface area contributed by atoms with E-state index in [0.717, 1.165) is 23.3 Å². The van der Waals surface area contributed by atoms with Crippen molar-refractivity contribution in [2.75, 3.05) is 32.2 Å². The molecule has 0 saturated carbocycles. The number of benzene rings is 1. The van der Waals surface area contributed by atoms with E-state index in [1.807, 2.05) is 30.3 Å². The van der Waals surface area contributed by atoms with Gasteiger partial charge in [-0.2, -0.15) is 5.10 Å². The summed E-state index contributed by atoms with van der Waals surface area (Å²) < 4.78 is 10.9. The number of hydrogen-bond acceptors (Lipinski definition) is 6. The first-order chi connectivity index (χ1) is 16.1. The molecule has 0 spiro atoms. The number of carbonyl (C=O) groups is 2. The molecule has 0 bridgehead atoms. The molecule has 2 fully saturated rings. The number of anilines is 1. The smallest absolute Gasteiger partial charge is 0.248 e. The zero-order valence-corrected chi connectivity index (χ0v) is 18.5. The van der Waals surface area contributed by atoms with Gasteiger partial charge in [-0.25, -0.2) is 4.98 Å². The minimum Gasteiger partial charge on any atom is -0.497 e. The number of carbonyl (C=O) groups excluding carboxylic acids is 2. The second kappa shape index (κ2) is 8.82. The van der Waals surface area contributed by atoms with Crippen molar-refractivity contribution in [2.45, 2.75) is 37.1 Å². The molecule has 172 valence electrons. The Labute approximate surface area is 191 Å². The molecule has 2 aliphatic heterocycles. The van der Waals surface area contributed by atoms with Crippen LogP contribution in [0.15, 0.2) is 42.6 Å². The molecule has 2 N–H and O–H groups in total. The first-order valence-electron chi connectivity index (χ1n) is 11.2. The van der Waals surface area contributed by atoms with Crippen molar-refractivity contribution in [2.24, 2.45) is 0 Å². The summed E-state index contributed by atoms with van der Waals surface area (Å²) in [5.74, 6) is 0.970. The van der Waals surface area contributed by atoms with E-state index >= 15 is 0 Å². The highest BCUT2D eigenvalue weighted by molar-refractivity contribution is 5.99. The Kier molecular flexibility index (Phi) is 5.72. The first kappa shape index (κ1) is 21.4. The Balaban J connectivity index is 1.39. The quantitative estimate of drug-likeness (QED) is 0.620. The molecule has 9 heteroatoms. The number of rotatable bonds is 5. The Morgan fingerprint density at radius 1 is 1.18 bits per heavy atom. The number of aromatic nitrogens is 3. The molecule has 2 aromatic heterocycles. The Morgan fingerprint density at radius 2 is 1.97 bits per heavy atom. The lowest BCUT2D eigenvalue weighted by molar-refractivity contribution is -0.145. The number of hydrogen-bond donors (Lipinski definition) is 2. The molecule has 0 aliphatic carbocycles. The molecule has 5 rings (SSSR count). The number of nitrogens with one attached hydrogen (secondary N) is 2. The van der Waals surface area contributed by atoms with Crippen LogP contribution in [0.3, 0.4) is 0 Å². The first-order valence-corrected chi connectivity index (χ1v) is 11.2. The SMILES string of the molecule is COc1ccc(C2(C(=O)N3CCC[C@@H]3C(=O)Nc3ccc4[nH]ncc4n3)CCOCC2)cc1. The van der Waals surface area contributed by atoms with Crippen LogP contribution in [0.4, 0.5) is 5.82 Å². The monoisotopic (exact) mass is 449 g/mol. The van der Waals surface area contributed by atoms with Crippen LogP contribution in [0.25, 0.3) is 11.0 Å². The molecule has 9 nitrogen and oxygen atoms in total. The van der Waals surface area contributed by atoms with E-state index in [4.69, 9.17) is 9.47 Å². The van der Waals surface area contributed by atoms with E-state index in [9.17, 15) is 9.59 Å². The number of amides is 2. The predicted octanol–water partition coefficient (Wildman–Crippen LogP) is 2.64. The van der Waals surface area contributed by atoms with Crippen LogP contribution in [0, 0.1) is 0 Å². The van der Waals surface area contributed by atoms with Crippen LogP contribution in [0.1, 0.15) is 31.2 Å². The van der Waals surface area contributed by atoms with Crippen molar-refractivity contribution >= 4 is 28.7 Å². The maximum absolute atomic E-state index is 14.0. The number of pyridine rings is 1. The van der Waals surface area contributed by atoms with Gasteiger partial charge in [0.2, 0.25) is 11.8 Å². The third kappa shape index (κ3) is 3.93. The molecule has 2 saturated heterocycles. The Bertz CT molecular complexity index is 1150. The van der Waals surface area contributed by atoms with E-state index < -0.39 is 11.5 Å². The largest absolute Gasteiger partial charge is 0.497 e. The maximum Gasteiger partial charge on any atom is 0.248 e. The molecule has 2 aliphatic rings. The van der Waals surface area contributed by atoms with E-state index in [1.54, 1.807) is 24.3 Å². The molecule has 2 amide bonds. The predicted molar refractivity (Wildman–Crippen MR) is 122 cm³/mol. The number of nitrogens with zero attached hydrogens (tertiary/aromatic N) is 3. The summed E-state index contributed by atoms with van der Waals surface area (Å²) in [5.41, 5.74) is 1.70. The molecule has 4 heterocycles. The molecule has 33 heavy (non-hydrogen) atoms. The fourth-order valence-corrected chi connectivity index (χ4v) is 4.92. The van der Waals surface area contributed by atoms with Crippen LogP contribution >= 0.6 is 0 Å². The highest BCUT2D eigenvalue weighted by Gasteiger charge is 2.47. The van der Waals surface area contributed by atoms with Gasteiger partial charge in [-0.3, -0.25) is 14.7 Å². The average Bonchev–Trinajstić information content (AvgIpc) is 3.53. The van der Waals surface area contributed by atoms with E-state index in [-0.39, 0.29) is 11.8 Å². The lowest BCUT2D eigenvalue weighted by atomic mass is 9.72. The van der Waals surface area contributed by atoms with Crippen LogP contribution in [-0.2, 0) is 19.7 Å². The van der Waals surface area contributed by atoms with Crippen molar-refractivity contribution in [3.63, 3.8) is 0 Å². The lowest BCUT2D eigenvalue weighted by Crippen LogP contribution is -2.53. The second-order valence-electron chi connectivity index (χ2n) is 8.57.